The third-order valence-electron chi connectivity index (χ3n) is 3.32. The maximum atomic E-state index is 14.1. The number of hydrogen-bond donors (Lipinski definition) is 2. The van der Waals surface area contributed by atoms with E-state index >= 15 is 0 Å². The second-order valence-electron chi connectivity index (χ2n) is 4.68. The van der Waals surface area contributed by atoms with Crippen LogP contribution in [0.2, 0.25) is 5.02 Å². The van der Waals surface area contributed by atoms with Crippen molar-refractivity contribution >= 4 is 11.6 Å². The first-order valence-corrected chi connectivity index (χ1v) is 6.50. The van der Waals surface area contributed by atoms with Crippen molar-refractivity contribution in [2.45, 2.75) is 19.9 Å². The van der Waals surface area contributed by atoms with Gasteiger partial charge in [-0.1, -0.05) is 41.9 Å². The van der Waals surface area contributed by atoms with Crippen LogP contribution in [-0.2, 0) is 0 Å². The highest BCUT2D eigenvalue weighted by Crippen LogP contribution is 2.32. The number of nitrogens with two attached hydrogens (primary N) is 1. The lowest BCUT2D eigenvalue weighted by Crippen LogP contribution is -2.30. The molecule has 0 bridgehead atoms. The summed E-state index contributed by atoms with van der Waals surface area (Å²) >= 11 is 6.23. The SMILES string of the molecule is Cc1ccc(C(NN)c2cccc(C)c2Cl)c(F)c1F. The molecule has 3 N–H and O–H groups in total. The highest BCUT2D eigenvalue weighted by molar-refractivity contribution is 6.32. The van der Waals surface area contributed by atoms with Gasteiger partial charge in [0.1, 0.15) is 0 Å². The molecular formula is C15H15ClF2N2. The fourth-order valence-electron chi connectivity index (χ4n) is 2.12. The molecule has 0 aliphatic heterocycles. The zero-order chi connectivity index (χ0) is 14.9. The monoisotopic (exact) mass is 296 g/mol. The molecule has 106 valence electrons. The second-order valence-corrected chi connectivity index (χ2v) is 5.06. The maximum Gasteiger partial charge on any atom is 0.164 e. The van der Waals surface area contributed by atoms with E-state index < -0.39 is 17.7 Å². The molecule has 1 unspecified atom stereocenters. The molecule has 2 nitrogen and oxygen atoms in total. The Kier molecular flexibility index (Phi) is 4.38. The van der Waals surface area contributed by atoms with Gasteiger partial charge in [-0.25, -0.2) is 14.2 Å². The van der Waals surface area contributed by atoms with Crippen molar-refractivity contribution in [2.75, 3.05) is 0 Å². The Morgan fingerprint density at radius 3 is 2.35 bits per heavy atom. The van der Waals surface area contributed by atoms with Gasteiger partial charge in [0.05, 0.1) is 6.04 Å². The molecule has 0 amide bonds. The molecule has 2 aromatic rings. The first kappa shape index (κ1) is 14.9. The Morgan fingerprint density at radius 2 is 1.70 bits per heavy atom. The van der Waals surface area contributed by atoms with Crippen LogP contribution in [0.25, 0.3) is 0 Å². The first-order chi connectivity index (χ1) is 9.47. The maximum absolute atomic E-state index is 14.1. The topological polar surface area (TPSA) is 38.0 Å². The Bertz CT molecular complexity index is 644. The molecule has 5 heteroatoms. The minimum atomic E-state index is -0.912. The summed E-state index contributed by atoms with van der Waals surface area (Å²) in [6.07, 6.45) is 0. The molecule has 0 radical (unpaired) electrons. The van der Waals surface area contributed by atoms with Gasteiger partial charge in [0, 0.05) is 10.6 Å². The predicted octanol–water partition coefficient (Wildman–Crippen LogP) is 3.79. The molecule has 2 aromatic carbocycles. The zero-order valence-corrected chi connectivity index (χ0v) is 11.9. The Labute approximate surface area is 121 Å². The van der Waals surface area contributed by atoms with Gasteiger partial charge in [0.15, 0.2) is 11.6 Å². The summed E-state index contributed by atoms with van der Waals surface area (Å²) in [6.45, 7) is 3.35. The average molecular weight is 297 g/mol. The quantitative estimate of drug-likeness (QED) is 0.668. The van der Waals surface area contributed by atoms with Gasteiger partial charge >= 0.3 is 0 Å². The second kappa shape index (κ2) is 5.87. The van der Waals surface area contributed by atoms with Crippen LogP contribution in [-0.4, -0.2) is 0 Å². The van der Waals surface area contributed by atoms with Crippen LogP contribution in [0.15, 0.2) is 30.3 Å². The minimum absolute atomic E-state index is 0.128. The Morgan fingerprint density at radius 1 is 1.00 bits per heavy atom. The van der Waals surface area contributed by atoms with Crippen LogP contribution >= 0.6 is 11.6 Å². The summed E-state index contributed by atoms with van der Waals surface area (Å²) in [5.41, 5.74) is 4.33. The van der Waals surface area contributed by atoms with Gasteiger partial charge in [0.25, 0.3) is 0 Å². The molecule has 0 saturated carbocycles. The van der Waals surface area contributed by atoms with E-state index in [9.17, 15) is 8.78 Å². The highest BCUT2D eigenvalue weighted by Gasteiger charge is 2.22. The fourth-order valence-corrected chi connectivity index (χ4v) is 2.36. The molecule has 0 fully saturated rings. The number of halogens is 3. The summed E-state index contributed by atoms with van der Waals surface area (Å²) in [7, 11) is 0. The largest absolute Gasteiger partial charge is 0.271 e. The Hall–Kier alpha value is -1.49. The van der Waals surface area contributed by atoms with Crippen LogP contribution in [0.3, 0.4) is 0 Å². The van der Waals surface area contributed by atoms with E-state index in [0.29, 0.717) is 10.6 Å². The average Bonchev–Trinajstić information content (AvgIpc) is 2.44. The van der Waals surface area contributed by atoms with Crippen molar-refractivity contribution in [1.82, 2.24) is 5.43 Å². The smallest absolute Gasteiger partial charge is 0.164 e. The van der Waals surface area contributed by atoms with E-state index in [1.807, 2.05) is 13.0 Å². The standard InChI is InChI=1S/C15H15ClF2N2/c1-8-4-3-5-10(12(8)16)15(20-19)11-7-6-9(2)13(17)14(11)18/h3-7,15,20H,19H2,1-2H3. The minimum Gasteiger partial charge on any atom is -0.271 e. The number of hydrazine groups is 1. The van der Waals surface area contributed by atoms with Crippen molar-refractivity contribution in [3.8, 4) is 0 Å². The third-order valence-corrected chi connectivity index (χ3v) is 3.83. The summed E-state index contributed by atoms with van der Waals surface area (Å²) in [6, 6.07) is 7.68. The van der Waals surface area contributed by atoms with E-state index in [1.165, 1.54) is 19.1 Å². The van der Waals surface area contributed by atoms with Crippen molar-refractivity contribution in [3.63, 3.8) is 0 Å². The van der Waals surface area contributed by atoms with Gasteiger partial charge in [-0.2, -0.15) is 0 Å². The number of nitrogens with one attached hydrogen (secondary N) is 1. The van der Waals surface area contributed by atoms with Crippen LogP contribution in [0.1, 0.15) is 28.3 Å². The number of hydrogen-bond acceptors (Lipinski definition) is 2. The van der Waals surface area contributed by atoms with Crippen molar-refractivity contribution in [3.05, 3.63) is 69.2 Å². The van der Waals surface area contributed by atoms with E-state index in [1.54, 1.807) is 12.1 Å². The van der Waals surface area contributed by atoms with Gasteiger partial charge < -0.3 is 0 Å². The molecule has 0 saturated heterocycles. The van der Waals surface area contributed by atoms with Crippen molar-refractivity contribution < 1.29 is 8.78 Å². The first-order valence-electron chi connectivity index (χ1n) is 6.13. The number of aryl methyl sites for hydroxylation is 2. The molecule has 0 aliphatic carbocycles. The molecule has 20 heavy (non-hydrogen) atoms. The predicted molar refractivity (Wildman–Crippen MR) is 76.5 cm³/mol. The van der Waals surface area contributed by atoms with Crippen LogP contribution in [0.5, 0.6) is 0 Å². The molecule has 0 spiro atoms. The summed E-state index contributed by atoms with van der Waals surface area (Å²) in [5.74, 6) is 3.73. The van der Waals surface area contributed by atoms with E-state index in [0.717, 1.165) is 5.56 Å². The van der Waals surface area contributed by atoms with Crippen molar-refractivity contribution in [1.29, 1.82) is 0 Å². The lowest BCUT2D eigenvalue weighted by molar-refractivity contribution is 0.478. The summed E-state index contributed by atoms with van der Waals surface area (Å²) in [5, 5.41) is 0.482. The molecule has 0 aromatic heterocycles. The molecule has 0 aliphatic rings. The molecular weight excluding hydrogens is 282 g/mol. The highest BCUT2D eigenvalue weighted by atomic mass is 35.5. The summed E-state index contributed by atoms with van der Waals surface area (Å²) in [4.78, 5) is 0. The molecule has 2 rings (SSSR count). The number of benzene rings is 2. The van der Waals surface area contributed by atoms with Gasteiger partial charge in [-0.3, -0.25) is 5.84 Å². The van der Waals surface area contributed by atoms with Crippen LogP contribution in [0, 0.1) is 25.5 Å². The van der Waals surface area contributed by atoms with Crippen LogP contribution in [0.4, 0.5) is 8.78 Å². The Balaban J connectivity index is 2.59. The van der Waals surface area contributed by atoms with E-state index in [4.69, 9.17) is 17.4 Å². The molecule has 1 atom stereocenters. The number of rotatable bonds is 3. The van der Waals surface area contributed by atoms with E-state index in [-0.39, 0.29) is 11.1 Å². The summed E-state index contributed by atoms with van der Waals surface area (Å²) < 4.78 is 27.8. The zero-order valence-electron chi connectivity index (χ0n) is 11.2. The third kappa shape index (κ3) is 2.54. The van der Waals surface area contributed by atoms with Crippen molar-refractivity contribution in [2.24, 2.45) is 5.84 Å². The lowest BCUT2D eigenvalue weighted by Gasteiger charge is -2.20. The fraction of sp³-hybridized carbons (Fsp3) is 0.200. The van der Waals surface area contributed by atoms with E-state index in [2.05, 4.69) is 5.43 Å². The normalized spacial score (nSPS) is 12.5. The van der Waals surface area contributed by atoms with Gasteiger partial charge in [0.2, 0.25) is 0 Å². The lowest BCUT2D eigenvalue weighted by atomic mass is 9.96. The van der Waals surface area contributed by atoms with Crippen LogP contribution < -0.4 is 11.3 Å². The van der Waals surface area contributed by atoms with Gasteiger partial charge in [-0.05, 0) is 30.5 Å². The van der Waals surface area contributed by atoms with Gasteiger partial charge in [-0.15, -0.1) is 0 Å². The molecule has 0 heterocycles.